The van der Waals surface area contributed by atoms with Gasteiger partial charge in [-0.1, -0.05) is 18.5 Å². The Labute approximate surface area is 122 Å². The number of carbonyl (C=O) groups is 1. The first-order valence-electron chi connectivity index (χ1n) is 5.85. The summed E-state index contributed by atoms with van der Waals surface area (Å²) in [5.41, 5.74) is 0. The van der Waals surface area contributed by atoms with Gasteiger partial charge in [0, 0.05) is 6.54 Å². The van der Waals surface area contributed by atoms with Crippen molar-refractivity contribution in [2.45, 2.75) is 18.2 Å². The Kier molecular flexibility index (Phi) is 5.91. The number of ether oxygens (including phenoxy) is 1. The highest BCUT2D eigenvalue weighted by molar-refractivity contribution is 7.89. The summed E-state index contributed by atoms with van der Waals surface area (Å²) in [7, 11) is -2.90. The van der Waals surface area contributed by atoms with Crippen molar-refractivity contribution in [2.24, 2.45) is 0 Å². The zero-order valence-corrected chi connectivity index (χ0v) is 12.7. The number of esters is 1. The lowest BCUT2D eigenvalue weighted by Gasteiger charge is -2.21. The zero-order chi connectivity index (χ0) is 15.3. The molecule has 0 saturated heterocycles. The molecule has 0 unspecified atom stereocenters. The highest BCUT2D eigenvalue weighted by Gasteiger charge is 2.28. The highest BCUT2D eigenvalue weighted by Crippen LogP contribution is 2.25. The molecule has 8 heteroatoms. The maximum atomic E-state index is 13.2. The monoisotopic (exact) mass is 323 g/mol. The van der Waals surface area contributed by atoms with Crippen molar-refractivity contribution >= 4 is 27.6 Å². The minimum atomic E-state index is -4.06. The lowest BCUT2D eigenvalue weighted by atomic mass is 10.3. The fraction of sp³-hybridized carbons (Fsp3) is 0.417. The lowest BCUT2D eigenvalue weighted by Crippen LogP contribution is -2.37. The van der Waals surface area contributed by atoms with Crippen molar-refractivity contribution in [1.29, 1.82) is 0 Å². The van der Waals surface area contributed by atoms with Crippen LogP contribution < -0.4 is 0 Å². The van der Waals surface area contributed by atoms with Gasteiger partial charge in [0.1, 0.15) is 17.3 Å². The standard InChI is InChI=1S/C12H15ClFNO4S/c1-3-6-15(8-12(16)19-2)20(17,18)11-7-9(14)4-5-10(11)13/h4-5,7H,3,6,8H2,1-2H3. The predicted molar refractivity (Wildman–Crippen MR) is 72.5 cm³/mol. The summed E-state index contributed by atoms with van der Waals surface area (Å²) in [6.07, 6.45) is 0.489. The Morgan fingerprint density at radius 2 is 2.10 bits per heavy atom. The number of hydrogen-bond donors (Lipinski definition) is 0. The van der Waals surface area contributed by atoms with E-state index in [4.69, 9.17) is 11.6 Å². The number of carbonyl (C=O) groups excluding carboxylic acids is 1. The first-order valence-corrected chi connectivity index (χ1v) is 7.66. The third-order valence-corrected chi connectivity index (χ3v) is 4.84. The van der Waals surface area contributed by atoms with Crippen LogP contribution in [0.3, 0.4) is 0 Å². The molecule has 1 rings (SSSR count). The van der Waals surface area contributed by atoms with E-state index in [0.717, 1.165) is 29.6 Å². The van der Waals surface area contributed by atoms with Crippen LogP contribution in [0.4, 0.5) is 4.39 Å². The molecule has 0 aromatic heterocycles. The normalized spacial score (nSPS) is 11.7. The summed E-state index contributed by atoms with van der Waals surface area (Å²) < 4.78 is 43.4. The first-order chi connectivity index (χ1) is 9.32. The molecule has 0 N–H and O–H groups in total. The van der Waals surface area contributed by atoms with Gasteiger partial charge in [-0.05, 0) is 24.6 Å². The maximum absolute atomic E-state index is 13.2. The molecule has 0 spiro atoms. The van der Waals surface area contributed by atoms with Crippen molar-refractivity contribution in [3.05, 3.63) is 29.0 Å². The number of hydrogen-bond acceptors (Lipinski definition) is 4. The van der Waals surface area contributed by atoms with E-state index in [1.807, 2.05) is 0 Å². The second kappa shape index (κ2) is 7.01. The van der Waals surface area contributed by atoms with Gasteiger partial charge in [0.15, 0.2) is 0 Å². The van der Waals surface area contributed by atoms with Crippen LogP contribution >= 0.6 is 11.6 Å². The molecule has 0 fully saturated rings. The Hall–Kier alpha value is -1.18. The van der Waals surface area contributed by atoms with E-state index in [9.17, 15) is 17.6 Å². The Balaban J connectivity index is 3.22. The molecular weight excluding hydrogens is 309 g/mol. The predicted octanol–water partition coefficient (Wildman–Crippen LogP) is 2.05. The third-order valence-electron chi connectivity index (χ3n) is 2.52. The van der Waals surface area contributed by atoms with Gasteiger partial charge in [0.2, 0.25) is 10.0 Å². The van der Waals surface area contributed by atoms with Crippen molar-refractivity contribution in [1.82, 2.24) is 4.31 Å². The largest absolute Gasteiger partial charge is 0.468 e. The summed E-state index contributed by atoms with van der Waals surface area (Å²) >= 11 is 5.81. The number of benzene rings is 1. The van der Waals surface area contributed by atoms with Gasteiger partial charge in [0.25, 0.3) is 0 Å². The number of nitrogens with zero attached hydrogens (tertiary/aromatic N) is 1. The lowest BCUT2D eigenvalue weighted by molar-refractivity contribution is -0.140. The van der Waals surface area contributed by atoms with E-state index < -0.39 is 28.4 Å². The fourth-order valence-electron chi connectivity index (χ4n) is 1.56. The van der Waals surface area contributed by atoms with Crippen LogP contribution in [-0.4, -0.2) is 38.9 Å². The van der Waals surface area contributed by atoms with Gasteiger partial charge in [-0.3, -0.25) is 4.79 Å². The molecule has 5 nitrogen and oxygen atoms in total. The van der Waals surface area contributed by atoms with Gasteiger partial charge >= 0.3 is 5.97 Å². The van der Waals surface area contributed by atoms with Crippen molar-refractivity contribution in [3.8, 4) is 0 Å². The van der Waals surface area contributed by atoms with E-state index in [1.165, 1.54) is 0 Å². The van der Waals surface area contributed by atoms with Gasteiger partial charge < -0.3 is 4.74 Å². The van der Waals surface area contributed by atoms with Gasteiger partial charge in [0.05, 0.1) is 12.1 Å². The number of halogens is 2. The van der Waals surface area contributed by atoms with E-state index in [-0.39, 0.29) is 16.5 Å². The van der Waals surface area contributed by atoms with Crippen LogP contribution in [0.5, 0.6) is 0 Å². The second-order valence-electron chi connectivity index (χ2n) is 3.99. The van der Waals surface area contributed by atoms with Crippen molar-refractivity contribution < 1.29 is 22.3 Å². The van der Waals surface area contributed by atoms with E-state index in [0.29, 0.717) is 6.42 Å². The average molecular weight is 324 g/mol. The molecule has 0 aliphatic heterocycles. The Morgan fingerprint density at radius 1 is 1.45 bits per heavy atom. The number of rotatable bonds is 6. The van der Waals surface area contributed by atoms with Crippen LogP contribution in [-0.2, 0) is 19.6 Å². The van der Waals surface area contributed by atoms with Crippen LogP contribution in [0, 0.1) is 5.82 Å². The topological polar surface area (TPSA) is 63.7 Å². The Morgan fingerprint density at radius 3 is 2.65 bits per heavy atom. The third kappa shape index (κ3) is 3.91. The summed E-state index contributed by atoms with van der Waals surface area (Å²) in [4.78, 5) is 10.9. The van der Waals surface area contributed by atoms with Crippen LogP contribution in [0.25, 0.3) is 0 Å². The summed E-state index contributed by atoms with van der Waals surface area (Å²) in [6.45, 7) is 1.41. The van der Waals surface area contributed by atoms with E-state index >= 15 is 0 Å². The number of sulfonamides is 1. The molecule has 0 aliphatic carbocycles. The highest BCUT2D eigenvalue weighted by atomic mass is 35.5. The first kappa shape index (κ1) is 16.9. The molecule has 20 heavy (non-hydrogen) atoms. The van der Waals surface area contributed by atoms with Crippen molar-refractivity contribution in [3.63, 3.8) is 0 Å². The van der Waals surface area contributed by atoms with E-state index in [1.54, 1.807) is 6.92 Å². The molecule has 112 valence electrons. The number of methoxy groups -OCH3 is 1. The van der Waals surface area contributed by atoms with Crippen LogP contribution in [0.15, 0.2) is 23.1 Å². The molecule has 0 aliphatic rings. The molecule has 0 bridgehead atoms. The second-order valence-corrected chi connectivity index (χ2v) is 6.30. The van der Waals surface area contributed by atoms with E-state index in [2.05, 4.69) is 4.74 Å². The molecule has 0 heterocycles. The van der Waals surface area contributed by atoms with Gasteiger partial charge in [-0.25, -0.2) is 12.8 Å². The van der Waals surface area contributed by atoms with Gasteiger partial charge in [-0.15, -0.1) is 0 Å². The molecule has 0 amide bonds. The molecule has 0 saturated carbocycles. The molecule has 1 aromatic carbocycles. The Bertz CT molecular complexity index is 591. The van der Waals surface area contributed by atoms with Gasteiger partial charge in [-0.2, -0.15) is 4.31 Å². The zero-order valence-electron chi connectivity index (χ0n) is 11.1. The maximum Gasteiger partial charge on any atom is 0.321 e. The van der Waals surface area contributed by atoms with Crippen molar-refractivity contribution in [2.75, 3.05) is 20.2 Å². The minimum absolute atomic E-state index is 0.0997. The fourth-order valence-corrected chi connectivity index (χ4v) is 3.52. The molecule has 0 radical (unpaired) electrons. The average Bonchev–Trinajstić information content (AvgIpc) is 2.40. The quantitative estimate of drug-likeness (QED) is 0.752. The summed E-state index contributed by atoms with van der Waals surface area (Å²) in [5.74, 6) is -1.42. The molecule has 0 atom stereocenters. The SMILES string of the molecule is CCCN(CC(=O)OC)S(=O)(=O)c1cc(F)ccc1Cl. The van der Waals surface area contributed by atoms with Crippen LogP contribution in [0.1, 0.15) is 13.3 Å². The smallest absolute Gasteiger partial charge is 0.321 e. The summed E-state index contributed by atoms with van der Waals surface area (Å²) in [6, 6.07) is 3.05. The molecule has 1 aromatic rings. The minimum Gasteiger partial charge on any atom is -0.468 e. The van der Waals surface area contributed by atoms with Crippen LogP contribution in [0.2, 0.25) is 5.02 Å². The summed E-state index contributed by atoms with van der Waals surface area (Å²) in [5, 5.41) is -0.0997. The molecular formula is C12H15ClFNO4S.